The summed E-state index contributed by atoms with van der Waals surface area (Å²) in [5, 5.41) is 0. The van der Waals surface area contributed by atoms with Gasteiger partial charge in [0.2, 0.25) is 11.8 Å². The van der Waals surface area contributed by atoms with Gasteiger partial charge in [-0.15, -0.1) is 0 Å². The maximum absolute atomic E-state index is 13.5. The van der Waals surface area contributed by atoms with Crippen molar-refractivity contribution in [2.45, 2.75) is 26.3 Å². The smallest absolute Gasteiger partial charge is 0.229 e. The molecule has 6 heteroatoms. The average molecular weight is 294 g/mol. The summed E-state index contributed by atoms with van der Waals surface area (Å²) < 4.78 is 13.5. The van der Waals surface area contributed by atoms with E-state index in [0.29, 0.717) is 18.4 Å². The fourth-order valence-corrected chi connectivity index (χ4v) is 2.40. The van der Waals surface area contributed by atoms with E-state index in [9.17, 15) is 14.0 Å². The van der Waals surface area contributed by atoms with Crippen LogP contribution in [0.15, 0.2) is 18.2 Å². The van der Waals surface area contributed by atoms with Crippen LogP contribution in [0.25, 0.3) is 0 Å². The standard InChI is InChI=1S/C14H15FN2O2S/c1-8-4-12(18)17(13(19)5-8)7-9-2-3-11(15)10(6-9)14(16)20/h2-3,6,8H,4-5,7H2,1H3,(H2,16,20). The molecule has 2 rings (SSSR count). The Hall–Kier alpha value is -1.82. The molecule has 1 aliphatic rings. The van der Waals surface area contributed by atoms with Crippen LogP contribution in [-0.4, -0.2) is 21.7 Å². The quantitative estimate of drug-likeness (QED) is 0.681. The van der Waals surface area contributed by atoms with Gasteiger partial charge >= 0.3 is 0 Å². The fraction of sp³-hybridized carbons (Fsp3) is 0.357. The number of nitrogens with zero attached hydrogens (tertiary/aromatic N) is 1. The molecule has 4 nitrogen and oxygen atoms in total. The second-order valence-corrected chi connectivity index (χ2v) is 5.51. The van der Waals surface area contributed by atoms with Crippen molar-refractivity contribution in [2.24, 2.45) is 11.7 Å². The van der Waals surface area contributed by atoms with Crippen molar-refractivity contribution in [3.8, 4) is 0 Å². The number of piperidine rings is 1. The lowest BCUT2D eigenvalue weighted by molar-refractivity contribution is -0.150. The van der Waals surface area contributed by atoms with Crippen LogP contribution in [0.1, 0.15) is 30.9 Å². The molecule has 1 fully saturated rings. The summed E-state index contributed by atoms with van der Waals surface area (Å²) in [5.74, 6) is -0.831. The molecule has 1 aromatic carbocycles. The highest BCUT2D eigenvalue weighted by molar-refractivity contribution is 7.80. The molecule has 0 saturated carbocycles. The molecule has 1 heterocycles. The van der Waals surface area contributed by atoms with Gasteiger partial charge in [-0.1, -0.05) is 25.2 Å². The van der Waals surface area contributed by atoms with Crippen LogP contribution in [0.5, 0.6) is 0 Å². The zero-order valence-corrected chi connectivity index (χ0v) is 11.9. The number of carbonyl (C=O) groups excluding carboxylic acids is 2. The molecule has 20 heavy (non-hydrogen) atoms. The van der Waals surface area contributed by atoms with Crippen LogP contribution in [0.3, 0.4) is 0 Å². The Labute approximate surface area is 121 Å². The Morgan fingerprint density at radius 3 is 2.55 bits per heavy atom. The summed E-state index contributed by atoms with van der Waals surface area (Å²) in [4.78, 5) is 24.9. The van der Waals surface area contributed by atoms with Gasteiger partial charge in [0, 0.05) is 18.4 Å². The number of halogens is 1. The first-order valence-electron chi connectivity index (χ1n) is 6.30. The normalized spacial score (nSPS) is 16.6. The Bertz CT molecular complexity index is 571. The monoisotopic (exact) mass is 294 g/mol. The highest BCUT2D eigenvalue weighted by Crippen LogP contribution is 2.21. The molecule has 106 valence electrons. The summed E-state index contributed by atoms with van der Waals surface area (Å²) in [6.45, 7) is 2.00. The summed E-state index contributed by atoms with van der Waals surface area (Å²) in [6.07, 6.45) is 0.712. The molecule has 1 aromatic rings. The van der Waals surface area contributed by atoms with E-state index in [-0.39, 0.29) is 34.8 Å². The molecule has 1 aliphatic heterocycles. The predicted molar refractivity (Wildman–Crippen MR) is 76.2 cm³/mol. The lowest BCUT2D eigenvalue weighted by Gasteiger charge is -2.28. The van der Waals surface area contributed by atoms with Crippen molar-refractivity contribution in [3.63, 3.8) is 0 Å². The van der Waals surface area contributed by atoms with Crippen molar-refractivity contribution in [2.75, 3.05) is 0 Å². The van der Waals surface area contributed by atoms with Gasteiger partial charge < -0.3 is 5.73 Å². The first kappa shape index (κ1) is 14.6. The summed E-state index contributed by atoms with van der Waals surface area (Å²) >= 11 is 4.77. The number of likely N-dealkylation sites (tertiary alicyclic amines) is 1. The third-order valence-corrected chi connectivity index (χ3v) is 3.51. The van der Waals surface area contributed by atoms with Gasteiger partial charge in [0.15, 0.2) is 0 Å². The highest BCUT2D eigenvalue weighted by atomic mass is 32.1. The lowest BCUT2D eigenvalue weighted by Crippen LogP contribution is -2.42. The predicted octanol–water partition coefficient (Wildman–Crippen LogP) is 1.75. The summed E-state index contributed by atoms with van der Waals surface area (Å²) in [7, 11) is 0. The van der Waals surface area contributed by atoms with Gasteiger partial charge in [-0.05, 0) is 23.6 Å². The van der Waals surface area contributed by atoms with E-state index in [1.54, 1.807) is 0 Å². The number of amides is 2. The Morgan fingerprint density at radius 2 is 2.00 bits per heavy atom. The summed E-state index contributed by atoms with van der Waals surface area (Å²) in [6, 6.07) is 4.25. The van der Waals surface area contributed by atoms with Crippen LogP contribution < -0.4 is 5.73 Å². The maximum atomic E-state index is 13.5. The largest absolute Gasteiger partial charge is 0.389 e. The molecule has 2 N–H and O–H groups in total. The van der Waals surface area contributed by atoms with E-state index in [1.807, 2.05) is 6.92 Å². The van der Waals surface area contributed by atoms with E-state index in [4.69, 9.17) is 18.0 Å². The third-order valence-electron chi connectivity index (χ3n) is 3.29. The molecule has 1 saturated heterocycles. The first-order chi connectivity index (χ1) is 9.38. The van der Waals surface area contributed by atoms with Crippen molar-refractivity contribution in [1.82, 2.24) is 4.90 Å². The Kier molecular flexibility index (Phi) is 4.13. The number of rotatable bonds is 3. The van der Waals surface area contributed by atoms with Crippen molar-refractivity contribution >= 4 is 29.0 Å². The zero-order chi connectivity index (χ0) is 14.9. The average Bonchev–Trinajstić information content (AvgIpc) is 2.35. The summed E-state index contributed by atoms with van der Waals surface area (Å²) in [5.41, 5.74) is 6.19. The number of hydrogen-bond acceptors (Lipinski definition) is 3. The SMILES string of the molecule is CC1CC(=O)N(Cc2ccc(F)c(C(N)=S)c2)C(=O)C1. The van der Waals surface area contributed by atoms with Crippen LogP contribution >= 0.6 is 12.2 Å². The van der Waals surface area contributed by atoms with Crippen molar-refractivity contribution in [3.05, 3.63) is 35.1 Å². The second-order valence-electron chi connectivity index (χ2n) is 5.07. The molecule has 0 radical (unpaired) electrons. The molecule has 0 unspecified atom stereocenters. The Morgan fingerprint density at radius 1 is 1.40 bits per heavy atom. The number of nitrogens with two attached hydrogens (primary N) is 1. The molecule has 0 aromatic heterocycles. The lowest BCUT2D eigenvalue weighted by atomic mass is 9.97. The minimum Gasteiger partial charge on any atom is -0.389 e. The van der Waals surface area contributed by atoms with Gasteiger partial charge in [-0.25, -0.2) is 4.39 Å². The molecular formula is C14H15FN2O2S. The Balaban J connectivity index is 2.22. The molecule has 0 spiro atoms. The van der Waals surface area contributed by atoms with Crippen molar-refractivity contribution < 1.29 is 14.0 Å². The second kappa shape index (κ2) is 5.66. The minimum atomic E-state index is -0.508. The highest BCUT2D eigenvalue weighted by Gasteiger charge is 2.30. The van der Waals surface area contributed by atoms with E-state index >= 15 is 0 Å². The number of thiocarbonyl (C=S) groups is 1. The number of hydrogen-bond donors (Lipinski definition) is 1. The third kappa shape index (κ3) is 3.01. The molecule has 2 amide bonds. The van der Waals surface area contributed by atoms with E-state index in [0.717, 1.165) is 0 Å². The van der Waals surface area contributed by atoms with Crippen LogP contribution in [0.4, 0.5) is 4.39 Å². The van der Waals surface area contributed by atoms with Crippen LogP contribution in [0, 0.1) is 11.7 Å². The van der Waals surface area contributed by atoms with Crippen LogP contribution in [0.2, 0.25) is 0 Å². The molecular weight excluding hydrogens is 279 g/mol. The number of carbonyl (C=O) groups is 2. The van der Waals surface area contributed by atoms with Crippen LogP contribution in [-0.2, 0) is 16.1 Å². The zero-order valence-electron chi connectivity index (χ0n) is 11.1. The number of imide groups is 1. The van der Waals surface area contributed by atoms with Gasteiger partial charge in [0.25, 0.3) is 0 Å². The molecule has 0 bridgehead atoms. The van der Waals surface area contributed by atoms with Crippen molar-refractivity contribution in [1.29, 1.82) is 0 Å². The van der Waals surface area contributed by atoms with Gasteiger partial charge in [0.1, 0.15) is 10.8 Å². The van der Waals surface area contributed by atoms with E-state index in [2.05, 4.69) is 0 Å². The van der Waals surface area contributed by atoms with Gasteiger partial charge in [-0.3, -0.25) is 14.5 Å². The number of benzene rings is 1. The minimum absolute atomic E-state index is 0.0470. The van der Waals surface area contributed by atoms with E-state index < -0.39 is 5.82 Å². The molecule has 0 aliphatic carbocycles. The maximum Gasteiger partial charge on any atom is 0.229 e. The fourth-order valence-electron chi connectivity index (χ4n) is 2.25. The van der Waals surface area contributed by atoms with Gasteiger partial charge in [0.05, 0.1) is 6.54 Å². The van der Waals surface area contributed by atoms with E-state index in [1.165, 1.54) is 23.1 Å². The topological polar surface area (TPSA) is 63.4 Å². The first-order valence-corrected chi connectivity index (χ1v) is 6.70. The molecule has 0 atom stereocenters. The van der Waals surface area contributed by atoms with Gasteiger partial charge in [-0.2, -0.15) is 0 Å².